The summed E-state index contributed by atoms with van der Waals surface area (Å²) in [5, 5.41) is 0. The van der Waals surface area contributed by atoms with Crippen molar-refractivity contribution in [3.05, 3.63) is 34.9 Å². The zero-order chi connectivity index (χ0) is 11.7. The number of carbonyl (C=O) groups excluding carboxylic acids is 1. The number of aryl methyl sites for hydroxylation is 1. The van der Waals surface area contributed by atoms with Gasteiger partial charge in [0.1, 0.15) is 0 Å². The molecule has 1 aliphatic rings. The first kappa shape index (κ1) is 11.2. The van der Waals surface area contributed by atoms with E-state index in [-0.39, 0.29) is 11.9 Å². The van der Waals surface area contributed by atoms with Gasteiger partial charge in [-0.25, -0.2) is 0 Å². The van der Waals surface area contributed by atoms with Gasteiger partial charge in [-0.2, -0.15) is 0 Å². The zero-order valence-corrected chi connectivity index (χ0v) is 10.3. The van der Waals surface area contributed by atoms with E-state index in [1.54, 1.807) is 6.92 Å². The third-order valence-electron chi connectivity index (χ3n) is 3.45. The topological polar surface area (TPSA) is 20.3 Å². The average Bonchev–Trinajstić information content (AvgIpc) is 2.26. The van der Waals surface area contributed by atoms with E-state index in [9.17, 15) is 4.79 Å². The standard InChI is InChI=1S/C14H19NO/c1-4-14-13-6-5-10(2)9-12(13)7-8-15(14)11(3)16/h5-6,9,14H,4,7-8H2,1-3H3/t14-/m1/s1. The quantitative estimate of drug-likeness (QED) is 0.708. The molecule has 0 unspecified atom stereocenters. The van der Waals surface area contributed by atoms with Crippen LogP contribution in [0.5, 0.6) is 0 Å². The molecule has 0 fully saturated rings. The summed E-state index contributed by atoms with van der Waals surface area (Å²) < 4.78 is 0. The van der Waals surface area contributed by atoms with Crippen LogP contribution in [0.15, 0.2) is 18.2 Å². The number of carbonyl (C=O) groups is 1. The molecule has 16 heavy (non-hydrogen) atoms. The third kappa shape index (κ3) is 1.84. The second kappa shape index (κ2) is 4.28. The molecule has 0 aromatic heterocycles. The zero-order valence-electron chi connectivity index (χ0n) is 10.3. The van der Waals surface area contributed by atoms with E-state index in [4.69, 9.17) is 0 Å². The molecule has 2 rings (SSSR count). The van der Waals surface area contributed by atoms with Crippen molar-refractivity contribution < 1.29 is 4.79 Å². The molecule has 1 aliphatic heterocycles. The SMILES string of the molecule is CC[C@@H]1c2ccc(C)cc2CCN1C(C)=O. The van der Waals surface area contributed by atoms with Crippen molar-refractivity contribution in [2.24, 2.45) is 0 Å². The summed E-state index contributed by atoms with van der Waals surface area (Å²) in [7, 11) is 0. The van der Waals surface area contributed by atoms with Crippen LogP contribution in [0.1, 0.15) is 43.0 Å². The molecule has 0 N–H and O–H groups in total. The first-order valence-corrected chi connectivity index (χ1v) is 6.00. The summed E-state index contributed by atoms with van der Waals surface area (Å²) in [5.41, 5.74) is 4.07. The fourth-order valence-electron chi connectivity index (χ4n) is 2.66. The predicted octanol–water partition coefficient (Wildman–Crippen LogP) is 2.85. The minimum Gasteiger partial charge on any atom is -0.336 e. The largest absolute Gasteiger partial charge is 0.336 e. The van der Waals surface area contributed by atoms with Crippen LogP contribution >= 0.6 is 0 Å². The van der Waals surface area contributed by atoms with Crippen molar-refractivity contribution in [1.29, 1.82) is 0 Å². The van der Waals surface area contributed by atoms with Gasteiger partial charge in [-0.15, -0.1) is 0 Å². The minimum absolute atomic E-state index is 0.193. The maximum atomic E-state index is 11.6. The monoisotopic (exact) mass is 217 g/mol. The summed E-state index contributed by atoms with van der Waals surface area (Å²) >= 11 is 0. The highest BCUT2D eigenvalue weighted by molar-refractivity contribution is 5.74. The second-order valence-electron chi connectivity index (χ2n) is 4.59. The molecule has 1 aromatic carbocycles. The molecule has 1 aromatic rings. The van der Waals surface area contributed by atoms with Crippen LogP contribution in [0.2, 0.25) is 0 Å². The molecule has 2 nitrogen and oxygen atoms in total. The van der Waals surface area contributed by atoms with Gasteiger partial charge in [0.25, 0.3) is 0 Å². The smallest absolute Gasteiger partial charge is 0.219 e. The number of benzene rings is 1. The third-order valence-corrected chi connectivity index (χ3v) is 3.45. The van der Waals surface area contributed by atoms with Gasteiger partial charge in [0.15, 0.2) is 0 Å². The molecular formula is C14H19NO. The van der Waals surface area contributed by atoms with Gasteiger partial charge in [-0.1, -0.05) is 30.7 Å². The van der Waals surface area contributed by atoms with Gasteiger partial charge in [-0.05, 0) is 30.9 Å². The highest BCUT2D eigenvalue weighted by Crippen LogP contribution is 2.32. The van der Waals surface area contributed by atoms with E-state index in [0.29, 0.717) is 0 Å². The van der Waals surface area contributed by atoms with Crippen molar-refractivity contribution in [1.82, 2.24) is 4.90 Å². The van der Waals surface area contributed by atoms with E-state index < -0.39 is 0 Å². The Morgan fingerprint density at radius 3 is 2.88 bits per heavy atom. The van der Waals surface area contributed by atoms with Crippen molar-refractivity contribution in [2.45, 2.75) is 39.7 Å². The Morgan fingerprint density at radius 1 is 1.50 bits per heavy atom. The Morgan fingerprint density at radius 2 is 2.25 bits per heavy atom. The van der Waals surface area contributed by atoms with Gasteiger partial charge >= 0.3 is 0 Å². The molecule has 0 spiro atoms. The highest BCUT2D eigenvalue weighted by Gasteiger charge is 2.27. The lowest BCUT2D eigenvalue weighted by Crippen LogP contribution is -2.38. The lowest BCUT2D eigenvalue weighted by atomic mass is 9.90. The summed E-state index contributed by atoms with van der Waals surface area (Å²) in [6.07, 6.45) is 1.99. The van der Waals surface area contributed by atoms with Crippen molar-refractivity contribution in [2.75, 3.05) is 6.54 Å². The number of hydrogen-bond donors (Lipinski definition) is 0. The molecule has 0 saturated heterocycles. The first-order valence-electron chi connectivity index (χ1n) is 6.00. The molecular weight excluding hydrogens is 198 g/mol. The summed E-state index contributed by atoms with van der Waals surface area (Å²) in [4.78, 5) is 13.6. The average molecular weight is 217 g/mol. The minimum atomic E-state index is 0.193. The van der Waals surface area contributed by atoms with E-state index in [1.807, 2.05) is 4.90 Å². The predicted molar refractivity (Wildman–Crippen MR) is 65.3 cm³/mol. The molecule has 1 atom stereocenters. The fraction of sp³-hybridized carbons (Fsp3) is 0.500. The number of amides is 1. The number of rotatable bonds is 1. The maximum Gasteiger partial charge on any atom is 0.219 e. The van der Waals surface area contributed by atoms with Gasteiger partial charge < -0.3 is 4.90 Å². The second-order valence-corrected chi connectivity index (χ2v) is 4.59. The van der Waals surface area contributed by atoms with E-state index in [1.165, 1.54) is 16.7 Å². The number of hydrogen-bond acceptors (Lipinski definition) is 1. The van der Waals surface area contributed by atoms with Crippen LogP contribution in [0.4, 0.5) is 0 Å². The first-order chi connectivity index (χ1) is 7.63. The Balaban J connectivity index is 2.41. The van der Waals surface area contributed by atoms with E-state index >= 15 is 0 Å². The lowest BCUT2D eigenvalue weighted by molar-refractivity contribution is -0.131. The van der Waals surface area contributed by atoms with Crippen molar-refractivity contribution in [3.63, 3.8) is 0 Å². The van der Waals surface area contributed by atoms with Crippen molar-refractivity contribution >= 4 is 5.91 Å². The molecule has 0 bridgehead atoms. The molecule has 1 heterocycles. The van der Waals surface area contributed by atoms with Gasteiger partial charge in [0.2, 0.25) is 5.91 Å². The Bertz CT molecular complexity index is 411. The Labute approximate surface area is 97.3 Å². The van der Waals surface area contributed by atoms with Crippen LogP contribution < -0.4 is 0 Å². The van der Waals surface area contributed by atoms with E-state index in [0.717, 1.165) is 19.4 Å². The lowest BCUT2D eigenvalue weighted by Gasteiger charge is -2.36. The molecule has 86 valence electrons. The molecule has 0 radical (unpaired) electrons. The molecule has 2 heteroatoms. The summed E-state index contributed by atoms with van der Waals surface area (Å²) in [6, 6.07) is 6.87. The molecule has 0 saturated carbocycles. The van der Waals surface area contributed by atoms with Crippen LogP contribution in [-0.4, -0.2) is 17.4 Å². The fourth-order valence-corrected chi connectivity index (χ4v) is 2.66. The number of fused-ring (bicyclic) bond motifs is 1. The Hall–Kier alpha value is -1.31. The summed E-state index contributed by atoms with van der Waals surface area (Å²) in [6.45, 7) is 6.81. The van der Waals surface area contributed by atoms with Gasteiger partial charge in [0.05, 0.1) is 6.04 Å². The van der Waals surface area contributed by atoms with Crippen molar-refractivity contribution in [3.8, 4) is 0 Å². The highest BCUT2D eigenvalue weighted by atomic mass is 16.2. The molecule has 0 aliphatic carbocycles. The summed E-state index contributed by atoms with van der Waals surface area (Å²) in [5.74, 6) is 0.193. The Kier molecular flexibility index (Phi) is 2.99. The van der Waals surface area contributed by atoms with Gasteiger partial charge in [-0.3, -0.25) is 4.79 Å². The van der Waals surface area contributed by atoms with Crippen LogP contribution in [0, 0.1) is 6.92 Å². The van der Waals surface area contributed by atoms with Crippen LogP contribution in [0.25, 0.3) is 0 Å². The van der Waals surface area contributed by atoms with Crippen LogP contribution in [0.3, 0.4) is 0 Å². The van der Waals surface area contributed by atoms with E-state index in [2.05, 4.69) is 32.0 Å². The van der Waals surface area contributed by atoms with Crippen LogP contribution in [-0.2, 0) is 11.2 Å². The number of nitrogens with zero attached hydrogens (tertiary/aromatic N) is 1. The molecule has 1 amide bonds. The maximum absolute atomic E-state index is 11.6. The van der Waals surface area contributed by atoms with Gasteiger partial charge in [0, 0.05) is 13.5 Å². The normalized spacial score (nSPS) is 19.4.